The van der Waals surface area contributed by atoms with Gasteiger partial charge in [-0.05, 0) is 54.2 Å². The lowest BCUT2D eigenvalue weighted by Gasteiger charge is -2.29. The average Bonchev–Trinajstić information content (AvgIpc) is 3.71. The van der Waals surface area contributed by atoms with Crippen molar-refractivity contribution in [2.75, 3.05) is 19.8 Å². The molecule has 2 heterocycles. The number of ether oxygens (including phenoxy) is 3. The number of piperazine rings is 1. The maximum atomic E-state index is 12.6. The number of rotatable bonds is 10. The average molecular weight is 437 g/mol. The summed E-state index contributed by atoms with van der Waals surface area (Å²) in [5, 5.41) is 5.75. The zero-order chi connectivity index (χ0) is 21.9. The topological polar surface area (TPSA) is 89.2 Å². The van der Waals surface area contributed by atoms with Gasteiger partial charge in [0.2, 0.25) is 11.8 Å². The molecule has 2 saturated heterocycles. The molecule has 3 fully saturated rings. The van der Waals surface area contributed by atoms with E-state index in [1.807, 2.05) is 48.5 Å². The molecule has 7 nitrogen and oxygen atoms in total. The largest absolute Gasteiger partial charge is 0.493 e. The van der Waals surface area contributed by atoms with Crippen LogP contribution < -0.4 is 20.1 Å². The molecular formula is C25H28N2O5. The van der Waals surface area contributed by atoms with Crippen LogP contribution in [0.5, 0.6) is 11.5 Å². The van der Waals surface area contributed by atoms with Gasteiger partial charge in [0.15, 0.2) is 0 Å². The number of carbonyl (C=O) groups is 2. The third-order valence-corrected chi connectivity index (χ3v) is 6.01. The Bertz CT molecular complexity index is 872. The summed E-state index contributed by atoms with van der Waals surface area (Å²) in [4.78, 5) is 25.2. The summed E-state index contributed by atoms with van der Waals surface area (Å²) in [6.45, 7) is 2.08. The first-order valence-corrected chi connectivity index (χ1v) is 11.3. The summed E-state index contributed by atoms with van der Waals surface area (Å²) >= 11 is 0. The van der Waals surface area contributed by atoms with E-state index in [4.69, 9.17) is 14.2 Å². The Morgan fingerprint density at radius 1 is 0.750 bits per heavy atom. The quantitative estimate of drug-likeness (QED) is 0.557. The van der Waals surface area contributed by atoms with Crippen molar-refractivity contribution >= 4 is 11.8 Å². The minimum atomic E-state index is -0.580. The summed E-state index contributed by atoms with van der Waals surface area (Å²) in [5.41, 5.74) is 1.94. The van der Waals surface area contributed by atoms with Crippen molar-refractivity contribution in [2.45, 2.75) is 43.9 Å². The molecule has 7 heteroatoms. The van der Waals surface area contributed by atoms with Crippen LogP contribution in [0.25, 0.3) is 0 Å². The second kappa shape index (κ2) is 9.20. The van der Waals surface area contributed by atoms with Crippen molar-refractivity contribution in [3.63, 3.8) is 0 Å². The second-order valence-electron chi connectivity index (χ2n) is 8.84. The van der Waals surface area contributed by atoms with E-state index in [-0.39, 0.29) is 17.9 Å². The zero-order valence-corrected chi connectivity index (χ0v) is 17.9. The van der Waals surface area contributed by atoms with E-state index in [0.717, 1.165) is 35.8 Å². The van der Waals surface area contributed by atoms with Gasteiger partial charge in [0.1, 0.15) is 36.3 Å². The molecule has 3 aliphatic rings. The van der Waals surface area contributed by atoms with Crippen molar-refractivity contribution in [3.8, 4) is 11.5 Å². The van der Waals surface area contributed by atoms with E-state index in [1.165, 1.54) is 12.8 Å². The van der Waals surface area contributed by atoms with Crippen molar-refractivity contribution in [1.82, 2.24) is 10.6 Å². The highest BCUT2D eigenvalue weighted by Crippen LogP contribution is 2.29. The first-order chi connectivity index (χ1) is 15.6. The summed E-state index contributed by atoms with van der Waals surface area (Å²) in [6, 6.07) is 14.2. The maximum Gasteiger partial charge on any atom is 0.243 e. The molecule has 0 aromatic heterocycles. The Morgan fingerprint density at radius 2 is 1.22 bits per heavy atom. The van der Waals surface area contributed by atoms with Crippen LogP contribution in [0.1, 0.15) is 24.0 Å². The molecule has 1 aliphatic carbocycles. The predicted octanol–water partition coefficient (Wildman–Crippen LogP) is 2.02. The molecule has 2 aromatic carbocycles. The molecule has 3 atom stereocenters. The molecule has 1 saturated carbocycles. The lowest BCUT2D eigenvalue weighted by molar-refractivity contribution is -0.136. The Kier molecular flexibility index (Phi) is 5.99. The van der Waals surface area contributed by atoms with Crippen LogP contribution in [0, 0.1) is 5.92 Å². The maximum absolute atomic E-state index is 12.6. The van der Waals surface area contributed by atoms with Gasteiger partial charge in [-0.25, -0.2) is 0 Å². The van der Waals surface area contributed by atoms with Crippen LogP contribution in [-0.4, -0.2) is 49.8 Å². The van der Waals surface area contributed by atoms with Gasteiger partial charge in [-0.3, -0.25) is 9.59 Å². The van der Waals surface area contributed by atoms with Crippen molar-refractivity contribution < 1.29 is 23.8 Å². The number of benzene rings is 2. The molecule has 1 unspecified atom stereocenters. The van der Waals surface area contributed by atoms with Gasteiger partial charge in [0.25, 0.3) is 0 Å². The molecule has 5 rings (SSSR count). The number of epoxide rings is 1. The van der Waals surface area contributed by atoms with Gasteiger partial charge in [0, 0.05) is 12.8 Å². The lowest BCUT2D eigenvalue weighted by Crippen LogP contribution is -2.62. The first kappa shape index (κ1) is 20.8. The third kappa shape index (κ3) is 5.59. The number of carbonyl (C=O) groups excluding carboxylic acids is 2. The second-order valence-corrected chi connectivity index (χ2v) is 8.84. The van der Waals surface area contributed by atoms with E-state index < -0.39 is 12.1 Å². The van der Waals surface area contributed by atoms with Gasteiger partial charge in [-0.15, -0.1) is 0 Å². The number of hydrogen-bond donors (Lipinski definition) is 2. The van der Waals surface area contributed by atoms with Crippen LogP contribution in [0.4, 0.5) is 0 Å². The highest BCUT2D eigenvalue weighted by atomic mass is 16.6. The van der Waals surface area contributed by atoms with E-state index >= 15 is 0 Å². The van der Waals surface area contributed by atoms with Gasteiger partial charge in [-0.1, -0.05) is 24.3 Å². The van der Waals surface area contributed by atoms with Gasteiger partial charge in [-0.2, -0.15) is 0 Å². The van der Waals surface area contributed by atoms with Crippen LogP contribution in [0.2, 0.25) is 0 Å². The minimum absolute atomic E-state index is 0.159. The van der Waals surface area contributed by atoms with Gasteiger partial charge in [0.05, 0.1) is 13.2 Å². The zero-order valence-electron chi connectivity index (χ0n) is 17.9. The molecule has 0 radical (unpaired) electrons. The normalized spacial score (nSPS) is 24.4. The molecule has 2 aromatic rings. The van der Waals surface area contributed by atoms with Crippen LogP contribution >= 0.6 is 0 Å². The lowest BCUT2D eigenvalue weighted by atomic mass is 9.98. The summed E-state index contributed by atoms with van der Waals surface area (Å²) in [6.07, 6.45) is 3.60. The Balaban J connectivity index is 1.11. The van der Waals surface area contributed by atoms with E-state index in [2.05, 4.69) is 10.6 Å². The summed E-state index contributed by atoms with van der Waals surface area (Å²) in [7, 11) is 0. The van der Waals surface area contributed by atoms with E-state index in [1.54, 1.807) is 0 Å². The fraction of sp³-hybridized carbons (Fsp3) is 0.440. The van der Waals surface area contributed by atoms with Crippen molar-refractivity contribution in [2.24, 2.45) is 5.92 Å². The summed E-state index contributed by atoms with van der Waals surface area (Å²) in [5.74, 6) is 2.00. The predicted molar refractivity (Wildman–Crippen MR) is 118 cm³/mol. The van der Waals surface area contributed by atoms with Crippen LogP contribution in [0.3, 0.4) is 0 Å². The SMILES string of the molecule is O=C1N[C@H](Cc2ccc(OCC3CO3)cc2)C(=O)N[C@H]1Cc1ccc(OCC2CC2)cc1. The first-order valence-electron chi connectivity index (χ1n) is 11.3. The highest BCUT2D eigenvalue weighted by molar-refractivity contribution is 5.97. The third-order valence-electron chi connectivity index (χ3n) is 6.01. The molecule has 168 valence electrons. The van der Waals surface area contributed by atoms with E-state index in [9.17, 15) is 9.59 Å². The Hall–Kier alpha value is -3.06. The molecule has 2 amide bonds. The molecule has 32 heavy (non-hydrogen) atoms. The fourth-order valence-corrected chi connectivity index (χ4v) is 3.73. The Morgan fingerprint density at radius 3 is 1.66 bits per heavy atom. The summed E-state index contributed by atoms with van der Waals surface area (Å²) < 4.78 is 16.5. The highest BCUT2D eigenvalue weighted by Gasteiger charge is 2.33. The van der Waals surface area contributed by atoms with Crippen molar-refractivity contribution in [3.05, 3.63) is 59.7 Å². The van der Waals surface area contributed by atoms with Crippen molar-refractivity contribution in [1.29, 1.82) is 0 Å². The number of amides is 2. The smallest absolute Gasteiger partial charge is 0.243 e. The molecule has 2 N–H and O–H groups in total. The standard InChI is InChI=1S/C25H28N2O5/c28-24-22(11-16-3-7-19(8-4-16)30-13-18-1-2-18)26-25(29)23(27-24)12-17-5-9-20(10-6-17)31-14-21-15-32-21/h3-10,18,21-23H,1-2,11-15H2,(H,26,29)(H,27,28)/t21?,22-,23+/m0/s1. The molecule has 0 bridgehead atoms. The van der Waals surface area contributed by atoms with Crippen LogP contribution in [0.15, 0.2) is 48.5 Å². The van der Waals surface area contributed by atoms with E-state index in [0.29, 0.717) is 25.4 Å². The number of hydrogen-bond acceptors (Lipinski definition) is 5. The molecule has 2 aliphatic heterocycles. The van der Waals surface area contributed by atoms with Gasteiger partial charge >= 0.3 is 0 Å². The Labute approximate surface area is 187 Å². The minimum Gasteiger partial charge on any atom is -0.493 e. The molecule has 0 spiro atoms. The number of nitrogens with one attached hydrogen (secondary N) is 2. The molecular weight excluding hydrogens is 408 g/mol. The fourth-order valence-electron chi connectivity index (χ4n) is 3.73. The van der Waals surface area contributed by atoms with Gasteiger partial charge < -0.3 is 24.8 Å². The van der Waals surface area contributed by atoms with Crippen LogP contribution in [-0.2, 0) is 27.2 Å². The monoisotopic (exact) mass is 436 g/mol.